The molecule has 1 aliphatic heterocycles. The highest BCUT2D eigenvalue weighted by Gasteiger charge is 2.15. The number of aryl methyl sites for hydroxylation is 2. The Morgan fingerprint density at radius 3 is 2.96 bits per heavy atom. The van der Waals surface area contributed by atoms with E-state index >= 15 is 0 Å². The van der Waals surface area contributed by atoms with Crippen LogP contribution in [0.2, 0.25) is 0 Å². The van der Waals surface area contributed by atoms with Crippen molar-refractivity contribution < 1.29 is 9.47 Å². The number of benzene rings is 1. The van der Waals surface area contributed by atoms with Gasteiger partial charge >= 0.3 is 0 Å². The van der Waals surface area contributed by atoms with E-state index in [1.54, 1.807) is 6.33 Å². The van der Waals surface area contributed by atoms with Crippen LogP contribution in [0.3, 0.4) is 0 Å². The lowest BCUT2D eigenvalue weighted by Crippen LogP contribution is -2.04. The molecule has 0 fully saturated rings. The molecule has 7 heteroatoms. The average molecular weight is 325 g/mol. The van der Waals surface area contributed by atoms with Crippen LogP contribution in [0.4, 0.5) is 5.82 Å². The third-order valence-corrected chi connectivity index (χ3v) is 4.07. The number of nitrogens with zero attached hydrogens (tertiary/aromatic N) is 4. The van der Waals surface area contributed by atoms with Gasteiger partial charge in [0, 0.05) is 13.6 Å². The first-order valence-electron chi connectivity index (χ1n) is 8.05. The Morgan fingerprint density at radius 2 is 2.08 bits per heavy atom. The molecule has 1 N–H and O–H groups in total. The second-order valence-electron chi connectivity index (χ2n) is 5.78. The van der Waals surface area contributed by atoms with Gasteiger partial charge in [-0.3, -0.25) is 4.68 Å². The van der Waals surface area contributed by atoms with E-state index in [2.05, 4.69) is 27.3 Å². The summed E-state index contributed by atoms with van der Waals surface area (Å²) >= 11 is 0. The van der Waals surface area contributed by atoms with E-state index in [1.807, 2.05) is 29.9 Å². The van der Waals surface area contributed by atoms with Crippen molar-refractivity contribution in [1.29, 1.82) is 0 Å². The van der Waals surface area contributed by atoms with Crippen LogP contribution in [-0.4, -0.2) is 26.5 Å². The molecule has 4 rings (SSSR count). The Bertz CT molecular complexity index is 890. The monoisotopic (exact) mass is 325 g/mol. The zero-order chi connectivity index (χ0) is 16.5. The molecule has 0 bridgehead atoms. The first-order valence-corrected chi connectivity index (χ1v) is 8.05. The van der Waals surface area contributed by atoms with Crippen LogP contribution in [0.5, 0.6) is 11.5 Å². The van der Waals surface area contributed by atoms with E-state index in [9.17, 15) is 0 Å². The Morgan fingerprint density at radius 1 is 1.21 bits per heavy atom. The van der Waals surface area contributed by atoms with E-state index in [0.717, 1.165) is 52.4 Å². The molecule has 0 radical (unpaired) electrons. The van der Waals surface area contributed by atoms with Crippen molar-refractivity contribution in [2.45, 2.75) is 26.3 Å². The van der Waals surface area contributed by atoms with Gasteiger partial charge in [-0.25, -0.2) is 9.97 Å². The predicted molar refractivity (Wildman–Crippen MR) is 90.2 cm³/mol. The maximum Gasteiger partial charge on any atom is 0.231 e. The third kappa shape index (κ3) is 2.51. The highest BCUT2D eigenvalue weighted by atomic mass is 16.7. The molecule has 0 saturated carbocycles. The summed E-state index contributed by atoms with van der Waals surface area (Å²) < 4.78 is 12.6. The molecule has 3 aromatic rings. The summed E-state index contributed by atoms with van der Waals surface area (Å²) in [6, 6.07) is 5.93. The van der Waals surface area contributed by atoms with E-state index in [-0.39, 0.29) is 6.79 Å². The molecule has 0 spiro atoms. The molecular weight excluding hydrogens is 306 g/mol. The molecule has 1 aliphatic rings. The van der Waals surface area contributed by atoms with Crippen molar-refractivity contribution in [3.8, 4) is 11.5 Å². The van der Waals surface area contributed by atoms with Crippen LogP contribution in [0.25, 0.3) is 11.0 Å². The van der Waals surface area contributed by atoms with Crippen molar-refractivity contribution in [3.05, 3.63) is 35.8 Å². The van der Waals surface area contributed by atoms with Gasteiger partial charge in [0.2, 0.25) is 6.79 Å². The zero-order valence-electron chi connectivity index (χ0n) is 13.7. The van der Waals surface area contributed by atoms with Crippen LogP contribution in [0, 0.1) is 0 Å². The minimum atomic E-state index is 0.286. The molecule has 0 atom stereocenters. The van der Waals surface area contributed by atoms with Gasteiger partial charge in [0.05, 0.1) is 5.69 Å². The third-order valence-electron chi connectivity index (χ3n) is 4.07. The number of anilines is 1. The van der Waals surface area contributed by atoms with Crippen LogP contribution in [0.15, 0.2) is 24.5 Å². The average Bonchev–Trinajstić information content (AvgIpc) is 3.18. The topological polar surface area (TPSA) is 74.1 Å². The molecule has 7 nitrogen and oxygen atoms in total. The summed E-state index contributed by atoms with van der Waals surface area (Å²) in [5, 5.41) is 7.96. The molecule has 0 amide bonds. The molecule has 124 valence electrons. The van der Waals surface area contributed by atoms with Crippen molar-refractivity contribution in [2.75, 3.05) is 12.1 Å². The second-order valence-corrected chi connectivity index (χ2v) is 5.78. The minimum Gasteiger partial charge on any atom is -0.454 e. The standard InChI is InChI=1S/C17H19N5O2/c1-3-4-12-15-16(22(2)21-12)17(20-9-19-15)18-8-11-5-6-13-14(7-11)24-10-23-13/h5-7,9H,3-4,8,10H2,1-2H3,(H,18,19,20). The summed E-state index contributed by atoms with van der Waals surface area (Å²) in [6.07, 6.45) is 3.54. The van der Waals surface area contributed by atoms with E-state index < -0.39 is 0 Å². The molecule has 2 aromatic heterocycles. The number of ether oxygens (including phenoxy) is 2. The minimum absolute atomic E-state index is 0.286. The number of rotatable bonds is 5. The van der Waals surface area contributed by atoms with Gasteiger partial charge in [-0.15, -0.1) is 0 Å². The van der Waals surface area contributed by atoms with Gasteiger partial charge < -0.3 is 14.8 Å². The van der Waals surface area contributed by atoms with Crippen LogP contribution < -0.4 is 14.8 Å². The molecule has 24 heavy (non-hydrogen) atoms. The maximum absolute atomic E-state index is 5.42. The van der Waals surface area contributed by atoms with Crippen LogP contribution in [0.1, 0.15) is 24.6 Å². The molecule has 0 aliphatic carbocycles. The molecule has 3 heterocycles. The quantitative estimate of drug-likeness (QED) is 0.777. The summed E-state index contributed by atoms with van der Waals surface area (Å²) in [4.78, 5) is 8.80. The lowest BCUT2D eigenvalue weighted by molar-refractivity contribution is 0.174. The molecule has 0 saturated heterocycles. The Balaban J connectivity index is 1.60. The fraction of sp³-hybridized carbons (Fsp3) is 0.353. The lowest BCUT2D eigenvalue weighted by atomic mass is 10.2. The Kier molecular flexibility index (Phi) is 3.68. The number of aromatic nitrogens is 4. The molecule has 0 unspecified atom stereocenters. The fourth-order valence-electron chi connectivity index (χ4n) is 2.95. The number of hydrogen-bond acceptors (Lipinski definition) is 6. The first-order chi connectivity index (χ1) is 11.8. The van der Waals surface area contributed by atoms with Crippen molar-refractivity contribution in [2.24, 2.45) is 7.05 Å². The summed E-state index contributed by atoms with van der Waals surface area (Å²) in [5.74, 6) is 2.36. The number of hydrogen-bond donors (Lipinski definition) is 1. The SMILES string of the molecule is CCCc1nn(C)c2c(NCc3ccc4c(c3)OCO4)ncnc12. The summed E-state index contributed by atoms with van der Waals surface area (Å²) in [5.41, 5.74) is 3.97. The van der Waals surface area contributed by atoms with E-state index in [1.165, 1.54) is 0 Å². The second kappa shape index (κ2) is 5.99. The highest BCUT2D eigenvalue weighted by molar-refractivity contribution is 5.87. The van der Waals surface area contributed by atoms with Crippen molar-refractivity contribution in [1.82, 2.24) is 19.7 Å². The van der Waals surface area contributed by atoms with E-state index in [4.69, 9.17) is 9.47 Å². The van der Waals surface area contributed by atoms with Crippen molar-refractivity contribution >= 4 is 16.9 Å². The van der Waals surface area contributed by atoms with Crippen molar-refractivity contribution in [3.63, 3.8) is 0 Å². The lowest BCUT2D eigenvalue weighted by Gasteiger charge is -2.08. The first kappa shape index (κ1) is 14.7. The van der Waals surface area contributed by atoms with E-state index in [0.29, 0.717) is 6.54 Å². The normalized spacial score (nSPS) is 12.8. The maximum atomic E-state index is 5.42. The summed E-state index contributed by atoms with van der Waals surface area (Å²) in [6.45, 7) is 3.06. The van der Waals surface area contributed by atoms with Crippen LogP contribution >= 0.6 is 0 Å². The zero-order valence-corrected chi connectivity index (χ0v) is 13.7. The number of nitrogens with one attached hydrogen (secondary N) is 1. The Labute approximate surface area is 139 Å². The van der Waals surface area contributed by atoms with Gasteiger partial charge in [-0.2, -0.15) is 5.10 Å². The molecule has 1 aromatic carbocycles. The Hall–Kier alpha value is -2.83. The highest BCUT2D eigenvalue weighted by Crippen LogP contribution is 2.32. The van der Waals surface area contributed by atoms with Gasteiger partial charge in [0.25, 0.3) is 0 Å². The largest absolute Gasteiger partial charge is 0.454 e. The van der Waals surface area contributed by atoms with Gasteiger partial charge in [-0.05, 0) is 24.1 Å². The van der Waals surface area contributed by atoms with Gasteiger partial charge in [0.15, 0.2) is 17.3 Å². The van der Waals surface area contributed by atoms with Gasteiger partial charge in [-0.1, -0.05) is 19.4 Å². The molecular formula is C17H19N5O2. The van der Waals surface area contributed by atoms with Gasteiger partial charge in [0.1, 0.15) is 17.4 Å². The smallest absolute Gasteiger partial charge is 0.231 e. The van der Waals surface area contributed by atoms with Crippen LogP contribution in [-0.2, 0) is 20.0 Å². The predicted octanol–water partition coefficient (Wildman–Crippen LogP) is 2.66. The fourth-order valence-corrected chi connectivity index (χ4v) is 2.95. The summed E-state index contributed by atoms with van der Waals surface area (Å²) in [7, 11) is 1.93. The number of fused-ring (bicyclic) bond motifs is 2.